The van der Waals surface area contributed by atoms with Crippen LogP contribution in [0.1, 0.15) is 33.6 Å². The van der Waals surface area contributed by atoms with Gasteiger partial charge in [0.05, 0.1) is 17.2 Å². The first-order valence-electron chi connectivity index (χ1n) is 8.88. The van der Waals surface area contributed by atoms with Gasteiger partial charge in [-0.2, -0.15) is 0 Å². The van der Waals surface area contributed by atoms with Crippen LogP contribution in [0.5, 0.6) is 11.5 Å². The Kier molecular flexibility index (Phi) is 4.04. The smallest absolute Gasteiger partial charge is 0.232 e. The average molecular weight is 369 g/mol. The minimum atomic E-state index is -0.0625. The third-order valence-electron chi connectivity index (χ3n) is 4.98. The lowest BCUT2D eigenvalue weighted by molar-refractivity contribution is 0.0274. The van der Waals surface area contributed by atoms with Crippen molar-refractivity contribution in [2.75, 3.05) is 19.9 Å². The number of rotatable bonds is 3. The fraction of sp³-hybridized carbons (Fsp3) is 0.350. The Morgan fingerprint density at radius 2 is 2.27 bits per heavy atom. The molecule has 4 heterocycles. The van der Waals surface area contributed by atoms with Gasteiger partial charge in [0.2, 0.25) is 5.78 Å². The fourth-order valence-electron chi connectivity index (χ4n) is 3.70. The highest BCUT2D eigenvalue weighted by Crippen LogP contribution is 2.42. The van der Waals surface area contributed by atoms with Gasteiger partial charge in [-0.15, -0.1) is 11.3 Å². The van der Waals surface area contributed by atoms with Crippen LogP contribution in [0.4, 0.5) is 0 Å². The maximum absolute atomic E-state index is 12.7. The molecule has 1 aromatic carbocycles. The van der Waals surface area contributed by atoms with Gasteiger partial charge in [0.1, 0.15) is 18.2 Å². The summed E-state index contributed by atoms with van der Waals surface area (Å²) < 4.78 is 17.6. The zero-order chi connectivity index (χ0) is 17.5. The van der Waals surface area contributed by atoms with E-state index in [1.165, 1.54) is 0 Å². The van der Waals surface area contributed by atoms with Crippen LogP contribution < -0.4 is 9.47 Å². The first-order valence-corrected chi connectivity index (χ1v) is 9.76. The Morgan fingerprint density at radius 1 is 1.31 bits per heavy atom. The van der Waals surface area contributed by atoms with E-state index in [4.69, 9.17) is 14.2 Å². The molecule has 1 aromatic heterocycles. The summed E-state index contributed by atoms with van der Waals surface area (Å²) in [4.78, 5) is 15.9. The number of carbonyl (C=O) groups excluding carboxylic acids is 1. The molecule has 0 aliphatic carbocycles. The second-order valence-corrected chi connectivity index (χ2v) is 7.77. The van der Waals surface area contributed by atoms with Gasteiger partial charge in [0.25, 0.3) is 0 Å². The molecule has 6 heteroatoms. The topological polar surface area (TPSA) is 48.0 Å². The molecule has 0 saturated carbocycles. The monoisotopic (exact) mass is 369 g/mol. The number of hydrogen-bond acceptors (Lipinski definition) is 6. The third-order valence-corrected chi connectivity index (χ3v) is 5.80. The van der Waals surface area contributed by atoms with Gasteiger partial charge in [-0.3, -0.25) is 9.69 Å². The van der Waals surface area contributed by atoms with Crippen LogP contribution in [0.15, 0.2) is 35.4 Å². The number of benzene rings is 1. The van der Waals surface area contributed by atoms with E-state index in [0.29, 0.717) is 30.3 Å². The van der Waals surface area contributed by atoms with Crippen LogP contribution in [-0.2, 0) is 11.3 Å². The summed E-state index contributed by atoms with van der Waals surface area (Å²) in [5, 5.41) is 1.98. The van der Waals surface area contributed by atoms with E-state index in [1.54, 1.807) is 11.3 Å². The number of hydrogen-bond donors (Lipinski definition) is 0. The lowest BCUT2D eigenvalue weighted by atomic mass is 10.0. The zero-order valence-corrected chi connectivity index (χ0v) is 15.1. The van der Waals surface area contributed by atoms with Crippen molar-refractivity contribution in [1.29, 1.82) is 0 Å². The Hall–Kier alpha value is -2.15. The molecule has 134 valence electrons. The van der Waals surface area contributed by atoms with E-state index in [2.05, 4.69) is 4.90 Å². The fourth-order valence-corrected chi connectivity index (χ4v) is 4.35. The Labute approximate surface area is 155 Å². The van der Waals surface area contributed by atoms with Crippen LogP contribution in [0, 0.1) is 0 Å². The van der Waals surface area contributed by atoms with Crippen molar-refractivity contribution in [3.05, 3.63) is 51.4 Å². The van der Waals surface area contributed by atoms with Crippen LogP contribution in [0.2, 0.25) is 0 Å². The van der Waals surface area contributed by atoms with Gasteiger partial charge < -0.3 is 14.2 Å². The van der Waals surface area contributed by atoms with Crippen molar-refractivity contribution in [3.8, 4) is 11.5 Å². The Bertz CT molecular complexity index is 868. The molecule has 1 atom stereocenters. The van der Waals surface area contributed by atoms with Crippen molar-refractivity contribution in [1.82, 2.24) is 4.90 Å². The Balaban J connectivity index is 1.42. The lowest BCUT2D eigenvalue weighted by Crippen LogP contribution is -2.37. The SMILES string of the molecule is O=C1C(=Cc2cccs2)Oc2c1ccc1c2CN(CC2CCCO2)CO1. The number of thiophene rings is 1. The second-order valence-electron chi connectivity index (χ2n) is 6.79. The highest BCUT2D eigenvalue weighted by atomic mass is 32.1. The number of fused-ring (bicyclic) bond motifs is 3. The third kappa shape index (κ3) is 2.84. The van der Waals surface area contributed by atoms with Crippen LogP contribution in [0.25, 0.3) is 6.08 Å². The van der Waals surface area contributed by atoms with E-state index in [1.807, 2.05) is 35.7 Å². The van der Waals surface area contributed by atoms with Crippen LogP contribution in [-0.4, -0.2) is 36.7 Å². The molecule has 0 spiro atoms. The standard InChI is InChI=1S/C20H19NO4S/c22-19-15-5-6-17-16(11-21(12-24-17)10-13-3-1-7-23-13)20(15)25-18(19)9-14-4-2-8-26-14/h2,4-6,8-9,13H,1,3,7,10-12H2. The lowest BCUT2D eigenvalue weighted by Gasteiger charge is -2.31. The maximum Gasteiger partial charge on any atom is 0.232 e. The summed E-state index contributed by atoms with van der Waals surface area (Å²) >= 11 is 1.58. The number of ketones is 1. The molecule has 5 rings (SSSR count). The molecule has 2 aromatic rings. The summed E-state index contributed by atoms with van der Waals surface area (Å²) in [5.74, 6) is 1.77. The van der Waals surface area contributed by atoms with Crippen molar-refractivity contribution in [2.45, 2.75) is 25.5 Å². The minimum Gasteiger partial charge on any atom is -0.478 e. The van der Waals surface area contributed by atoms with Crippen molar-refractivity contribution in [2.24, 2.45) is 0 Å². The van der Waals surface area contributed by atoms with Crippen molar-refractivity contribution < 1.29 is 19.0 Å². The second kappa shape index (κ2) is 6.54. The largest absolute Gasteiger partial charge is 0.478 e. The molecule has 0 bridgehead atoms. The first kappa shape index (κ1) is 16.1. The van der Waals surface area contributed by atoms with Crippen molar-refractivity contribution in [3.63, 3.8) is 0 Å². The first-order chi connectivity index (χ1) is 12.8. The summed E-state index contributed by atoms with van der Waals surface area (Å²) in [6, 6.07) is 7.62. The molecule has 1 saturated heterocycles. The molecule has 5 nitrogen and oxygen atoms in total. The van der Waals surface area contributed by atoms with Gasteiger partial charge in [0, 0.05) is 30.6 Å². The summed E-state index contributed by atoms with van der Waals surface area (Å²) in [7, 11) is 0. The molecular formula is C20H19NO4S. The highest BCUT2D eigenvalue weighted by Gasteiger charge is 2.34. The van der Waals surface area contributed by atoms with E-state index in [0.717, 1.165) is 42.2 Å². The number of Topliss-reactive ketones (excluding diaryl/α,β-unsaturated/α-hetero) is 1. The summed E-state index contributed by atoms with van der Waals surface area (Å²) in [5.41, 5.74) is 1.57. The molecular weight excluding hydrogens is 350 g/mol. The van der Waals surface area contributed by atoms with E-state index in [-0.39, 0.29) is 11.9 Å². The molecule has 1 fully saturated rings. The van der Waals surface area contributed by atoms with Gasteiger partial charge >= 0.3 is 0 Å². The molecule has 3 aliphatic rings. The number of ether oxygens (including phenoxy) is 3. The number of nitrogens with zero attached hydrogens (tertiary/aromatic N) is 1. The number of allylic oxidation sites excluding steroid dienone is 1. The molecule has 0 amide bonds. The molecule has 0 radical (unpaired) electrons. The molecule has 1 unspecified atom stereocenters. The quantitative estimate of drug-likeness (QED) is 0.772. The summed E-state index contributed by atoms with van der Waals surface area (Å²) in [6.07, 6.45) is 4.31. The normalized spacial score (nSPS) is 23.6. The van der Waals surface area contributed by atoms with Crippen LogP contribution >= 0.6 is 11.3 Å². The maximum atomic E-state index is 12.7. The van der Waals surface area contributed by atoms with Gasteiger partial charge in [-0.05, 0) is 36.4 Å². The predicted octanol–water partition coefficient (Wildman–Crippen LogP) is 3.70. The average Bonchev–Trinajstić information content (AvgIpc) is 3.39. The van der Waals surface area contributed by atoms with E-state index in [9.17, 15) is 4.79 Å². The van der Waals surface area contributed by atoms with Gasteiger partial charge in [-0.25, -0.2) is 0 Å². The highest BCUT2D eigenvalue weighted by molar-refractivity contribution is 7.10. The minimum absolute atomic E-state index is 0.0625. The molecule has 3 aliphatic heterocycles. The van der Waals surface area contributed by atoms with Crippen molar-refractivity contribution >= 4 is 23.2 Å². The Morgan fingerprint density at radius 3 is 3.08 bits per heavy atom. The number of carbonyl (C=O) groups is 1. The molecule has 26 heavy (non-hydrogen) atoms. The predicted molar refractivity (Wildman–Crippen MR) is 98.6 cm³/mol. The zero-order valence-electron chi connectivity index (χ0n) is 14.3. The van der Waals surface area contributed by atoms with Gasteiger partial charge in [0.15, 0.2) is 5.76 Å². The molecule has 0 N–H and O–H groups in total. The van der Waals surface area contributed by atoms with Crippen LogP contribution in [0.3, 0.4) is 0 Å². The summed E-state index contributed by atoms with van der Waals surface area (Å²) in [6.45, 7) is 2.93. The van der Waals surface area contributed by atoms with E-state index < -0.39 is 0 Å². The van der Waals surface area contributed by atoms with E-state index >= 15 is 0 Å². The van der Waals surface area contributed by atoms with Gasteiger partial charge in [-0.1, -0.05) is 6.07 Å².